The fraction of sp³-hybridized carbons (Fsp3) is 0.400. The molecule has 1 aliphatic carbocycles. The number of rotatable bonds is 7. The molecule has 2 aliphatic heterocycles. The Kier molecular flexibility index (Phi) is 7.44. The minimum atomic E-state index is -1.47. The molecule has 2 aromatic carbocycles. The second-order valence-corrected chi connectivity index (χ2v) is 13.2. The van der Waals surface area contributed by atoms with E-state index in [1.54, 1.807) is 15.8 Å². The summed E-state index contributed by atoms with van der Waals surface area (Å²) in [7, 11) is 2.23. The van der Waals surface area contributed by atoms with Crippen LogP contribution in [0.25, 0.3) is 5.95 Å². The lowest BCUT2D eigenvalue weighted by atomic mass is 9.83. The molecule has 0 radical (unpaired) electrons. The van der Waals surface area contributed by atoms with Crippen LogP contribution in [-0.2, 0) is 6.54 Å². The largest absolute Gasteiger partial charge is 0.335 e. The zero-order valence-corrected chi connectivity index (χ0v) is 25.3. The highest BCUT2D eigenvalue weighted by atomic mass is 19.1. The molecule has 0 bridgehead atoms. The smallest absolute Gasteiger partial charge is 0.257 e. The number of carbonyl (C=O) groups is 1. The minimum absolute atomic E-state index is 0.0154. The van der Waals surface area contributed by atoms with Crippen LogP contribution in [0.4, 0.5) is 8.78 Å². The summed E-state index contributed by atoms with van der Waals surface area (Å²) in [5.74, 6) is -1.03. The first-order valence-electron chi connectivity index (χ1n) is 15.7. The number of piperidine rings is 1. The number of hydrogen-bond acceptors (Lipinski definition) is 5. The quantitative estimate of drug-likeness (QED) is 0.257. The maximum absolute atomic E-state index is 16.8. The molecule has 10 heteroatoms. The summed E-state index contributed by atoms with van der Waals surface area (Å²) in [5.41, 5.74) is 2.40. The topological polar surface area (TPSA) is 87.7 Å². The van der Waals surface area contributed by atoms with Crippen molar-refractivity contribution >= 4 is 5.91 Å². The van der Waals surface area contributed by atoms with Crippen molar-refractivity contribution < 1.29 is 18.1 Å². The maximum Gasteiger partial charge on any atom is 0.257 e. The number of likely N-dealkylation sites (tertiary alicyclic amines) is 2. The monoisotopic (exact) mass is 608 g/mol. The number of nitriles is 1. The average Bonchev–Trinajstić information content (AvgIpc) is 3.74. The molecule has 0 spiro atoms. The van der Waals surface area contributed by atoms with Crippen LogP contribution in [-0.4, -0.2) is 73.9 Å². The third-order valence-corrected chi connectivity index (χ3v) is 10.1. The maximum atomic E-state index is 16.8. The Bertz CT molecular complexity index is 1720. The Hall–Kier alpha value is -4.49. The van der Waals surface area contributed by atoms with E-state index in [-0.39, 0.29) is 36.2 Å². The van der Waals surface area contributed by atoms with Gasteiger partial charge in [-0.05, 0) is 36.5 Å². The van der Waals surface area contributed by atoms with Gasteiger partial charge in [-0.25, -0.2) is 23.4 Å². The van der Waals surface area contributed by atoms with E-state index in [0.29, 0.717) is 23.4 Å². The van der Waals surface area contributed by atoms with E-state index in [0.717, 1.165) is 67.8 Å². The summed E-state index contributed by atoms with van der Waals surface area (Å²) < 4.78 is 32.9. The van der Waals surface area contributed by atoms with Gasteiger partial charge in [0.25, 0.3) is 11.9 Å². The molecule has 3 fully saturated rings. The predicted octanol–water partition coefficient (Wildman–Crippen LogP) is 5.56. The van der Waals surface area contributed by atoms with E-state index in [4.69, 9.17) is 5.26 Å². The third kappa shape index (κ3) is 5.61. The van der Waals surface area contributed by atoms with E-state index >= 15 is 4.39 Å². The van der Waals surface area contributed by atoms with E-state index in [1.807, 2.05) is 54.6 Å². The Morgan fingerprint density at radius 3 is 2.36 bits per heavy atom. The summed E-state index contributed by atoms with van der Waals surface area (Å²) in [6.07, 6.45) is 7.02. The summed E-state index contributed by atoms with van der Waals surface area (Å²) in [4.78, 5) is 24.3. The highest BCUT2D eigenvalue weighted by molar-refractivity contribution is 5.96. The van der Waals surface area contributed by atoms with Crippen LogP contribution in [0.5, 0.6) is 0 Å². The van der Waals surface area contributed by atoms with Gasteiger partial charge in [-0.1, -0.05) is 42.5 Å². The summed E-state index contributed by atoms with van der Waals surface area (Å²) in [6, 6.07) is 19.6. The van der Waals surface area contributed by atoms with Gasteiger partial charge >= 0.3 is 0 Å². The molecule has 8 nitrogen and oxygen atoms in total. The van der Waals surface area contributed by atoms with Crippen molar-refractivity contribution in [3.8, 4) is 12.0 Å². The van der Waals surface area contributed by atoms with Gasteiger partial charge in [0.05, 0.1) is 68.2 Å². The molecular weight excluding hydrogens is 572 g/mol. The molecule has 2 unspecified atom stereocenters. The molecule has 4 aromatic rings. The number of quaternary nitrogens is 1. The first-order chi connectivity index (χ1) is 21.8. The second-order valence-electron chi connectivity index (χ2n) is 13.2. The Morgan fingerprint density at radius 1 is 1.02 bits per heavy atom. The summed E-state index contributed by atoms with van der Waals surface area (Å²) >= 11 is 0. The minimum Gasteiger partial charge on any atom is -0.335 e. The lowest BCUT2D eigenvalue weighted by molar-refractivity contribution is -0.927. The third-order valence-electron chi connectivity index (χ3n) is 10.1. The van der Waals surface area contributed by atoms with Crippen molar-refractivity contribution in [2.45, 2.75) is 49.7 Å². The predicted molar refractivity (Wildman–Crippen MR) is 164 cm³/mol. The molecule has 1 amide bonds. The number of amides is 1. The van der Waals surface area contributed by atoms with Crippen LogP contribution in [0, 0.1) is 23.1 Å². The van der Waals surface area contributed by atoms with Crippen molar-refractivity contribution in [1.29, 1.82) is 5.26 Å². The zero-order chi connectivity index (χ0) is 31.2. The lowest BCUT2D eigenvalue weighted by Gasteiger charge is -2.41. The van der Waals surface area contributed by atoms with Crippen molar-refractivity contribution in [2.24, 2.45) is 5.92 Å². The number of aromatic nitrogens is 4. The number of carbonyl (C=O) groups excluding carboxylic acids is 1. The van der Waals surface area contributed by atoms with Crippen molar-refractivity contribution in [3.05, 3.63) is 107 Å². The van der Waals surface area contributed by atoms with Crippen LogP contribution in [0.1, 0.15) is 70.3 Å². The molecule has 45 heavy (non-hydrogen) atoms. The van der Waals surface area contributed by atoms with Gasteiger partial charge in [0.1, 0.15) is 12.2 Å². The number of halogens is 2. The van der Waals surface area contributed by atoms with Gasteiger partial charge in [0.2, 0.25) is 0 Å². The van der Waals surface area contributed by atoms with E-state index < -0.39 is 11.5 Å². The molecule has 1 saturated carbocycles. The molecule has 3 aliphatic rings. The zero-order valence-electron chi connectivity index (χ0n) is 25.3. The van der Waals surface area contributed by atoms with Crippen molar-refractivity contribution in [1.82, 2.24) is 24.6 Å². The molecule has 0 N–H and O–H groups in total. The highest BCUT2D eigenvalue weighted by Crippen LogP contribution is 2.53. The van der Waals surface area contributed by atoms with Gasteiger partial charge in [0.15, 0.2) is 5.82 Å². The van der Waals surface area contributed by atoms with Gasteiger partial charge in [-0.15, -0.1) is 0 Å². The second kappa shape index (κ2) is 11.5. The Balaban J connectivity index is 1.17. The van der Waals surface area contributed by atoms with Crippen molar-refractivity contribution in [2.75, 3.05) is 33.2 Å². The number of nitrogens with zero attached hydrogens (tertiary/aromatic N) is 7. The number of benzene rings is 2. The average molecular weight is 609 g/mol. The molecule has 230 valence electrons. The van der Waals surface area contributed by atoms with Crippen LogP contribution in [0.3, 0.4) is 0 Å². The lowest BCUT2D eigenvalue weighted by Crippen LogP contribution is -2.48. The van der Waals surface area contributed by atoms with Crippen LogP contribution in [0.2, 0.25) is 0 Å². The molecular formula is C35H36F2N7O+. The summed E-state index contributed by atoms with van der Waals surface area (Å²) in [6.45, 7) is 2.92. The summed E-state index contributed by atoms with van der Waals surface area (Å²) in [5, 5.41) is 13.7. The molecule has 2 aromatic heterocycles. The Morgan fingerprint density at radius 2 is 1.71 bits per heavy atom. The van der Waals surface area contributed by atoms with Crippen molar-refractivity contribution in [3.63, 3.8) is 0 Å². The standard InChI is InChI=1S/C35H36F2N7O/c1-44(22-25-9-7-24(17-38)8-10-25)15-13-27(14-16-44)32-30(20-41-43(32)34-39-18-29(36)19-40-34)33(45)42-21-31(26-5-3-2-4-6-26)35(37,23-42)28-11-12-28/h2-10,18-20,27-28,31H,11-16,21-23H2,1H3/q+1. The van der Waals surface area contributed by atoms with Gasteiger partial charge in [-0.3, -0.25) is 4.79 Å². The van der Waals surface area contributed by atoms with Crippen LogP contribution in [0.15, 0.2) is 73.2 Å². The SMILES string of the molecule is C[N+]1(Cc2ccc(C#N)cc2)CCC(c2c(C(=O)N3CC(c4ccccc4)C(F)(C4CC4)C3)cnn2-c2ncc(F)cn2)CC1. The number of alkyl halides is 1. The van der Waals surface area contributed by atoms with Crippen LogP contribution >= 0.6 is 0 Å². The molecule has 4 heterocycles. The fourth-order valence-corrected chi connectivity index (χ4v) is 7.45. The fourth-order valence-electron chi connectivity index (χ4n) is 7.45. The highest BCUT2D eigenvalue weighted by Gasteiger charge is 2.57. The van der Waals surface area contributed by atoms with Gasteiger partial charge < -0.3 is 9.38 Å². The van der Waals surface area contributed by atoms with E-state index in [1.165, 1.54) is 5.56 Å². The van der Waals surface area contributed by atoms with E-state index in [2.05, 4.69) is 28.2 Å². The van der Waals surface area contributed by atoms with Gasteiger partial charge in [-0.2, -0.15) is 10.4 Å². The first-order valence-corrected chi connectivity index (χ1v) is 15.7. The van der Waals surface area contributed by atoms with Crippen LogP contribution < -0.4 is 0 Å². The van der Waals surface area contributed by atoms with E-state index in [9.17, 15) is 9.18 Å². The normalized spacial score (nSPS) is 26.5. The van der Waals surface area contributed by atoms with Gasteiger partial charge in [0, 0.05) is 36.8 Å². The molecule has 2 atom stereocenters. The molecule has 2 saturated heterocycles. The first kappa shape index (κ1) is 29.2. The number of hydrogen-bond donors (Lipinski definition) is 0. The molecule has 7 rings (SSSR count). The Labute approximate surface area is 261 Å².